The molecule has 0 aliphatic rings. The molecule has 0 aromatic carbocycles. The van der Waals surface area contributed by atoms with Crippen LogP contribution in [0.1, 0.15) is 33.4 Å². The predicted molar refractivity (Wildman–Crippen MR) is 65.6 cm³/mol. The number of rotatable bonds is 6. The van der Waals surface area contributed by atoms with E-state index in [0.29, 0.717) is 19.1 Å². The molecular formula is C12H21N3O2. The monoisotopic (exact) mass is 239 g/mol. The lowest BCUT2D eigenvalue weighted by Gasteiger charge is -2.19. The first-order valence-corrected chi connectivity index (χ1v) is 5.78. The fourth-order valence-electron chi connectivity index (χ4n) is 1.42. The van der Waals surface area contributed by atoms with Crippen molar-refractivity contribution in [3.8, 4) is 0 Å². The van der Waals surface area contributed by atoms with Crippen LogP contribution < -0.4 is 5.32 Å². The quantitative estimate of drug-likeness (QED) is 0.789. The van der Waals surface area contributed by atoms with Crippen molar-refractivity contribution in [1.29, 1.82) is 0 Å². The van der Waals surface area contributed by atoms with Gasteiger partial charge in [0.2, 0.25) is 0 Å². The second kappa shape index (κ2) is 5.31. The minimum Gasteiger partial charge on any atom is -0.481 e. The summed E-state index contributed by atoms with van der Waals surface area (Å²) in [6.45, 7) is 8.70. The van der Waals surface area contributed by atoms with Gasteiger partial charge in [0.15, 0.2) is 0 Å². The van der Waals surface area contributed by atoms with Gasteiger partial charge in [0, 0.05) is 25.3 Å². The van der Waals surface area contributed by atoms with Gasteiger partial charge < -0.3 is 15.0 Å². The molecule has 0 saturated carbocycles. The molecule has 0 amide bonds. The normalized spacial score (nSPS) is 12.1. The maximum atomic E-state index is 11.0. The Bertz CT molecular complexity index is 383. The van der Waals surface area contributed by atoms with E-state index in [-0.39, 0.29) is 0 Å². The Balaban J connectivity index is 2.60. The maximum absolute atomic E-state index is 11.0. The average Bonchev–Trinajstić information content (AvgIpc) is 2.61. The lowest BCUT2D eigenvalue weighted by atomic mass is 9.94. The summed E-state index contributed by atoms with van der Waals surface area (Å²) in [5.74, 6) is -0.798. The number of carbonyl (C=O) groups is 1. The van der Waals surface area contributed by atoms with Crippen LogP contribution in [-0.4, -0.2) is 26.7 Å². The maximum Gasteiger partial charge on any atom is 0.310 e. The number of hydrogen-bond donors (Lipinski definition) is 2. The summed E-state index contributed by atoms with van der Waals surface area (Å²) in [5.41, 5.74) is 0.156. The summed E-state index contributed by atoms with van der Waals surface area (Å²) in [5, 5.41) is 12.3. The van der Waals surface area contributed by atoms with E-state index in [1.165, 1.54) is 0 Å². The topological polar surface area (TPSA) is 67.2 Å². The summed E-state index contributed by atoms with van der Waals surface area (Å²) in [4.78, 5) is 15.2. The van der Waals surface area contributed by atoms with Crippen molar-refractivity contribution >= 4 is 5.97 Å². The van der Waals surface area contributed by atoms with Crippen molar-refractivity contribution in [3.63, 3.8) is 0 Å². The van der Waals surface area contributed by atoms with Crippen LogP contribution in [0.3, 0.4) is 0 Å². The van der Waals surface area contributed by atoms with Gasteiger partial charge in [0.25, 0.3) is 0 Å². The Labute approximate surface area is 102 Å². The van der Waals surface area contributed by atoms with Gasteiger partial charge in [-0.1, -0.05) is 13.8 Å². The Morgan fingerprint density at radius 1 is 1.59 bits per heavy atom. The number of carboxylic acid groups (broad SMARTS) is 1. The van der Waals surface area contributed by atoms with E-state index in [1.807, 2.05) is 10.8 Å². The molecule has 1 aromatic heterocycles. The third-order valence-electron chi connectivity index (χ3n) is 2.53. The highest BCUT2D eigenvalue weighted by atomic mass is 16.4. The van der Waals surface area contributed by atoms with Crippen LogP contribution >= 0.6 is 0 Å². The molecule has 0 radical (unpaired) electrons. The van der Waals surface area contributed by atoms with Crippen LogP contribution in [0, 0.1) is 5.41 Å². The van der Waals surface area contributed by atoms with Gasteiger partial charge >= 0.3 is 5.97 Å². The minimum atomic E-state index is -0.798. The molecule has 17 heavy (non-hydrogen) atoms. The molecule has 2 N–H and O–H groups in total. The van der Waals surface area contributed by atoms with Gasteiger partial charge in [-0.2, -0.15) is 0 Å². The molecule has 0 bridgehead atoms. The molecule has 1 aromatic rings. The zero-order valence-corrected chi connectivity index (χ0v) is 10.9. The van der Waals surface area contributed by atoms with Crippen LogP contribution in [0.2, 0.25) is 0 Å². The van der Waals surface area contributed by atoms with E-state index < -0.39 is 11.4 Å². The predicted octanol–water partition coefficient (Wildman–Crippen LogP) is 1.49. The summed E-state index contributed by atoms with van der Waals surface area (Å²) in [7, 11) is 0. The second-order valence-corrected chi connectivity index (χ2v) is 5.26. The number of nitrogens with zero attached hydrogens (tertiary/aromatic N) is 2. The first-order valence-electron chi connectivity index (χ1n) is 5.78. The zero-order valence-electron chi connectivity index (χ0n) is 10.9. The lowest BCUT2D eigenvalue weighted by Crippen LogP contribution is -2.28. The molecule has 1 rings (SSSR count). The van der Waals surface area contributed by atoms with E-state index in [9.17, 15) is 4.79 Å². The zero-order chi connectivity index (χ0) is 13.1. The molecule has 5 nitrogen and oxygen atoms in total. The standard InChI is InChI=1S/C12H21N3O2/c1-9(2)13-5-10-6-15(8-14-10)7-12(3,4)11(16)17/h6,8-9,13H,5,7H2,1-4H3,(H,16,17). The minimum absolute atomic E-state index is 0.413. The summed E-state index contributed by atoms with van der Waals surface area (Å²) in [6.07, 6.45) is 3.57. The van der Waals surface area contributed by atoms with Crippen molar-refractivity contribution < 1.29 is 9.90 Å². The van der Waals surface area contributed by atoms with E-state index in [2.05, 4.69) is 24.1 Å². The number of hydrogen-bond acceptors (Lipinski definition) is 3. The number of imidazole rings is 1. The smallest absolute Gasteiger partial charge is 0.310 e. The molecule has 0 aliphatic heterocycles. The number of nitrogens with one attached hydrogen (secondary N) is 1. The van der Waals surface area contributed by atoms with E-state index in [4.69, 9.17) is 5.11 Å². The third kappa shape index (κ3) is 4.19. The highest BCUT2D eigenvalue weighted by Crippen LogP contribution is 2.18. The molecule has 0 atom stereocenters. The Kier molecular flexibility index (Phi) is 4.28. The molecule has 1 heterocycles. The highest BCUT2D eigenvalue weighted by Gasteiger charge is 2.27. The molecule has 0 aliphatic carbocycles. The van der Waals surface area contributed by atoms with Gasteiger partial charge in [-0.3, -0.25) is 4.79 Å². The summed E-state index contributed by atoms with van der Waals surface area (Å²) in [6, 6.07) is 0.413. The fraction of sp³-hybridized carbons (Fsp3) is 0.667. The molecule has 0 saturated heterocycles. The van der Waals surface area contributed by atoms with Gasteiger partial charge in [-0.25, -0.2) is 4.98 Å². The second-order valence-electron chi connectivity index (χ2n) is 5.26. The van der Waals surface area contributed by atoms with Gasteiger partial charge in [-0.05, 0) is 13.8 Å². The van der Waals surface area contributed by atoms with Crippen molar-refractivity contribution in [1.82, 2.24) is 14.9 Å². The largest absolute Gasteiger partial charge is 0.481 e. The van der Waals surface area contributed by atoms with Gasteiger partial charge in [0.05, 0.1) is 17.4 Å². The molecule has 5 heteroatoms. The number of aromatic nitrogens is 2. The molecule has 0 spiro atoms. The molecule has 0 fully saturated rings. The average molecular weight is 239 g/mol. The highest BCUT2D eigenvalue weighted by molar-refractivity contribution is 5.73. The van der Waals surface area contributed by atoms with Crippen LogP contribution in [0.4, 0.5) is 0 Å². The van der Waals surface area contributed by atoms with E-state index in [0.717, 1.165) is 5.69 Å². The number of aliphatic carboxylic acids is 1. The Morgan fingerprint density at radius 2 is 2.24 bits per heavy atom. The van der Waals surface area contributed by atoms with E-state index >= 15 is 0 Å². The lowest BCUT2D eigenvalue weighted by molar-refractivity contribution is -0.147. The molecular weight excluding hydrogens is 218 g/mol. The first kappa shape index (κ1) is 13.7. The third-order valence-corrected chi connectivity index (χ3v) is 2.53. The SMILES string of the molecule is CC(C)NCc1cn(CC(C)(C)C(=O)O)cn1. The van der Waals surface area contributed by atoms with Crippen LogP contribution in [0.25, 0.3) is 0 Å². The summed E-state index contributed by atoms with van der Waals surface area (Å²) < 4.78 is 1.82. The van der Waals surface area contributed by atoms with Crippen LogP contribution in [0.15, 0.2) is 12.5 Å². The Hall–Kier alpha value is -1.36. The van der Waals surface area contributed by atoms with Crippen molar-refractivity contribution in [2.24, 2.45) is 5.41 Å². The fourth-order valence-corrected chi connectivity index (χ4v) is 1.42. The van der Waals surface area contributed by atoms with Gasteiger partial charge in [0.1, 0.15) is 0 Å². The number of carboxylic acids is 1. The van der Waals surface area contributed by atoms with Gasteiger partial charge in [-0.15, -0.1) is 0 Å². The molecule has 0 unspecified atom stereocenters. The first-order chi connectivity index (χ1) is 7.81. The van der Waals surface area contributed by atoms with Crippen molar-refractivity contribution in [3.05, 3.63) is 18.2 Å². The van der Waals surface area contributed by atoms with Crippen molar-refractivity contribution in [2.45, 2.75) is 46.8 Å². The summed E-state index contributed by atoms with van der Waals surface area (Å²) >= 11 is 0. The van der Waals surface area contributed by atoms with Crippen molar-refractivity contribution in [2.75, 3.05) is 0 Å². The molecule has 96 valence electrons. The van der Waals surface area contributed by atoms with Crippen LogP contribution in [-0.2, 0) is 17.9 Å². The Morgan fingerprint density at radius 3 is 2.76 bits per heavy atom. The van der Waals surface area contributed by atoms with Crippen LogP contribution in [0.5, 0.6) is 0 Å². The van der Waals surface area contributed by atoms with E-state index in [1.54, 1.807) is 20.2 Å².